The van der Waals surface area contributed by atoms with E-state index in [1.807, 2.05) is 4.90 Å². The second-order valence-corrected chi connectivity index (χ2v) is 8.34. The standard InChI is InChI=1S/C23H33N5O2/c1-4-25-8-14-28(15-9-25)23(29)20-17-30-22(24-20)16-26-10-12-27(13-11-26)21-7-5-6-18(2)19(21)3/h5-7,17H,4,8-16H2,1-3H3. The molecule has 7 nitrogen and oxygen atoms in total. The topological polar surface area (TPSA) is 56.1 Å². The van der Waals surface area contributed by atoms with Gasteiger partial charge in [-0.1, -0.05) is 19.1 Å². The number of hydrogen-bond donors (Lipinski definition) is 0. The van der Waals surface area contributed by atoms with Crippen LogP contribution in [0.25, 0.3) is 0 Å². The summed E-state index contributed by atoms with van der Waals surface area (Å²) in [6.07, 6.45) is 1.52. The fourth-order valence-corrected chi connectivity index (χ4v) is 4.33. The molecule has 3 heterocycles. The number of hydrogen-bond acceptors (Lipinski definition) is 6. The maximum Gasteiger partial charge on any atom is 0.275 e. The smallest absolute Gasteiger partial charge is 0.275 e. The zero-order valence-electron chi connectivity index (χ0n) is 18.4. The van der Waals surface area contributed by atoms with Gasteiger partial charge in [0.05, 0.1) is 6.54 Å². The molecule has 2 fully saturated rings. The number of likely N-dealkylation sites (N-methyl/N-ethyl adjacent to an activating group) is 1. The van der Waals surface area contributed by atoms with Crippen LogP contribution in [0.2, 0.25) is 0 Å². The van der Waals surface area contributed by atoms with Gasteiger partial charge in [0, 0.05) is 58.0 Å². The minimum atomic E-state index is -0.0134. The highest BCUT2D eigenvalue weighted by molar-refractivity contribution is 5.92. The molecule has 0 atom stereocenters. The van der Waals surface area contributed by atoms with Gasteiger partial charge in [-0.2, -0.15) is 0 Å². The number of aryl methyl sites for hydroxylation is 1. The van der Waals surface area contributed by atoms with Crippen LogP contribution in [0, 0.1) is 13.8 Å². The normalized spacial score (nSPS) is 18.8. The molecule has 0 spiro atoms. The predicted octanol–water partition coefficient (Wildman–Crippen LogP) is 2.39. The van der Waals surface area contributed by atoms with Gasteiger partial charge in [-0.25, -0.2) is 4.98 Å². The Labute approximate surface area is 179 Å². The third kappa shape index (κ3) is 4.52. The number of anilines is 1. The largest absolute Gasteiger partial charge is 0.447 e. The van der Waals surface area contributed by atoms with Gasteiger partial charge < -0.3 is 19.1 Å². The molecule has 4 rings (SSSR count). The second-order valence-electron chi connectivity index (χ2n) is 8.34. The van der Waals surface area contributed by atoms with E-state index in [-0.39, 0.29) is 5.91 Å². The third-order valence-corrected chi connectivity index (χ3v) is 6.53. The van der Waals surface area contributed by atoms with Gasteiger partial charge in [0.15, 0.2) is 5.69 Å². The molecule has 1 aromatic carbocycles. The molecule has 0 N–H and O–H groups in total. The van der Waals surface area contributed by atoms with Crippen molar-refractivity contribution in [3.05, 3.63) is 47.2 Å². The number of carbonyl (C=O) groups is 1. The van der Waals surface area contributed by atoms with E-state index in [1.54, 1.807) is 0 Å². The molecule has 0 unspecified atom stereocenters. The summed E-state index contributed by atoms with van der Waals surface area (Å²) in [5.74, 6) is 0.617. The lowest BCUT2D eigenvalue weighted by Crippen LogP contribution is -2.48. The fourth-order valence-electron chi connectivity index (χ4n) is 4.33. The number of carbonyl (C=O) groups excluding carboxylic acids is 1. The number of rotatable bonds is 5. The first kappa shape index (κ1) is 20.9. The first-order valence-corrected chi connectivity index (χ1v) is 11.0. The Bertz CT molecular complexity index is 864. The Morgan fingerprint density at radius 2 is 1.70 bits per heavy atom. The Hall–Kier alpha value is -2.38. The molecule has 0 saturated carbocycles. The van der Waals surface area contributed by atoms with Crippen molar-refractivity contribution in [2.24, 2.45) is 0 Å². The molecule has 2 saturated heterocycles. The predicted molar refractivity (Wildman–Crippen MR) is 118 cm³/mol. The van der Waals surface area contributed by atoms with Crippen LogP contribution in [0.15, 0.2) is 28.9 Å². The molecule has 2 aliphatic heterocycles. The van der Waals surface area contributed by atoms with Crippen molar-refractivity contribution in [1.82, 2.24) is 19.7 Å². The molecular formula is C23H33N5O2. The first-order chi connectivity index (χ1) is 14.5. The van der Waals surface area contributed by atoms with Crippen molar-refractivity contribution < 1.29 is 9.21 Å². The maximum atomic E-state index is 12.7. The van der Waals surface area contributed by atoms with E-state index in [2.05, 4.69) is 58.7 Å². The van der Waals surface area contributed by atoms with Crippen molar-refractivity contribution >= 4 is 11.6 Å². The van der Waals surface area contributed by atoms with Crippen LogP contribution in [0.5, 0.6) is 0 Å². The zero-order chi connectivity index (χ0) is 21.1. The van der Waals surface area contributed by atoms with Crippen molar-refractivity contribution in [3.8, 4) is 0 Å². The summed E-state index contributed by atoms with van der Waals surface area (Å²) < 4.78 is 5.64. The summed E-state index contributed by atoms with van der Waals surface area (Å²) in [4.78, 5) is 26.3. The third-order valence-electron chi connectivity index (χ3n) is 6.53. The number of benzene rings is 1. The molecular weight excluding hydrogens is 378 g/mol. The monoisotopic (exact) mass is 411 g/mol. The Balaban J connectivity index is 1.30. The van der Waals surface area contributed by atoms with Crippen molar-refractivity contribution in [2.75, 3.05) is 63.8 Å². The highest BCUT2D eigenvalue weighted by atomic mass is 16.3. The molecule has 0 radical (unpaired) electrons. The van der Waals surface area contributed by atoms with Crippen LogP contribution in [0.3, 0.4) is 0 Å². The zero-order valence-corrected chi connectivity index (χ0v) is 18.4. The van der Waals surface area contributed by atoms with Gasteiger partial charge in [-0.3, -0.25) is 9.69 Å². The van der Waals surface area contributed by atoms with E-state index < -0.39 is 0 Å². The van der Waals surface area contributed by atoms with E-state index in [4.69, 9.17) is 4.42 Å². The van der Waals surface area contributed by atoms with Crippen molar-refractivity contribution in [1.29, 1.82) is 0 Å². The van der Waals surface area contributed by atoms with E-state index in [1.165, 1.54) is 23.1 Å². The molecule has 0 aliphatic carbocycles. The lowest BCUT2D eigenvalue weighted by molar-refractivity contribution is 0.0637. The van der Waals surface area contributed by atoms with Gasteiger partial charge in [-0.05, 0) is 37.6 Å². The van der Waals surface area contributed by atoms with Crippen molar-refractivity contribution in [3.63, 3.8) is 0 Å². The number of nitrogens with zero attached hydrogens (tertiary/aromatic N) is 5. The molecule has 30 heavy (non-hydrogen) atoms. The van der Waals surface area contributed by atoms with Crippen LogP contribution in [-0.2, 0) is 6.54 Å². The Morgan fingerprint density at radius 1 is 1.00 bits per heavy atom. The van der Waals surface area contributed by atoms with Gasteiger partial charge in [0.25, 0.3) is 5.91 Å². The maximum absolute atomic E-state index is 12.7. The molecule has 1 amide bonds. The second kappa shape index (κ2) is 9.18. The lowest BCUT2D eigenvalue weighted by atomic mass is 10.1. The number of oxazole rings is 1. The van der Waals surface area contributed by atoms with Crippen LogP contribution in [0.1, 0.15) is 34.4 Å². The van der Waals surface area contributed by atoms with Gasteiger partial charge >= 0.3 is 0 Å². The van der Waals surface area contributed by atoms with E-state index in [0.29, 0.717) is 18.1 Å². The fraction of sp³-hybridized carbons (Fsp3) is 0.565. The number of piperazine rings is 2. The van der Waals surface area contributed by atoms with Gasteiger partial charge in [0.2, 0.25) is 5.89 Å². The van der Waals surface area contributed by atoms with E-state index in [0.717, 1.165) is 58.9 Å². The van der Waals surface area contributed by atoms with Gasteiger partial charge in [0.1, 0.15) is 6.26 Å². The highest BCUT2D eigenvalue weighted by Gasteiger charge is 2.25. The summed E-state index contributed by atoms with van der Waals surface area (Å²) in [6, 6.07) is 6.52. The molecule has 2 aromatic rings. The average Bonchev–Trinajstić information content (AvgIpc) is 3.24. The van der Waals surface area contributed by atoms with Crippen molar-refractivity contribution in [2.45, 2.75) is 27.3 Å². The minimum absolute atomic E-state index is 0.0134. The van der Waals surface area contributed by atoms with Crippen LogP contribution >= 0.6 is 0 Å². The molecule has 2 aliphatic rings. The molecule has 162 valence electrons. The van der Waals surface area contributed by atoms with Crippen LogP contribution in [-0.4, -0.2) is 84.5 Å². The summed E-state index contributed by atoms with van der Waals surface area (Å²) in [5, 5.41) is 0. The number of amides is 1. The van der Waals surface area contributed by atoms with E-state index in [9.17, 15) is 4.79 Å². The summed E-state index contributed by atoms with van der Waals surface area (Å²) >= 11 is 0. The number of aromatic nitrogens is 1. The summed E-state index contributed by atoms with van der Waals surface area (Å²) in [6.45, 7) is 15.5. The lowest BCUT2D eigenvalue weighted by Gasteiger charge is -2.36. The SMILES string of the molecule is CCN1CCN(C(=O)c2coc(CN3CCN(c4cccc(C)c4C)CC3)n2)CC1. The summed E-state index contributed by atoms with van der Waals surface area (Å²) in [5.41, 5.74) is 4.47. The summed E-state index contributed by atoms with van der Waals surface area (Å²) in [7, 11) is 0. The first-order valence-electron chi connectivity index (χ1n) is 11.0. The Morgan fingerprint density at radius 3 is 2.40 bits per heavy atom. The molecule has 0 bridgehead atoms. The van der Waals surface area contributed by atoms with Crippen LogP contribution in [0.4, 0.5) is 5.69 Å². The molecule has 7 heteroatoms. The quantitative estimate of drug-likeness (QED) is 0.753. The van der Waals surface area contributed by atoms with Crippen LogP contribution < -0.4 is 4.90 Å². The van der Waals surface area contributed by atoms with Gasteiger partial charge in [-0.15, -0.1) is 0 Å². The van der Waals surface area contributed by atoms with E-state index >= 15 is 0 Å². The minimum Gasteiger partial charge on any atom is -0.447 e. The highest BCUT2D eigenvalue weighted by Crippen LogP contribution is 2.24. The average molecular weight is 412 g/mol. The molecule has 1 aromatic heterocycles. The Kier molecular flexibility index (Phi) is 6.39.